The Morgan fingerprint density at radius 2 is 1.81 bits per heavy atom. The van der Waals surface area contributed by atoms with E-state index in [0.717, 1.165) is 35.7 Å². The predicted molar refractivity (Wildman–Crippen MR) is 99.2 cm³/mol. The van der Waals surface area contributed by atoms with E-state index in [9.17, 15) is 14.0 Å². The van der Waals surface area contributed by atoms with E-state index in [1.165, 1.54) is 23.8 Å². The Bertz CT molecular complexity index is 869. The number of piperidine rings is 1. The van der Waals surface area contributed by atoms with Crippen LogP contribution in [0.25, 0.3) is 0 Å². The number of hydrogen-bond acceptors (Lipinski definition) is 3. The molecule has 0 radical (unpaired) electrons. The van der Waals surface area contributed by atoms with Gasteiger partial charge in [-0.15, -0.1) is 0 Å². The van der Waals surface area contributed by atoms with Crippen molar-refractivity contribution in [2.45, 2.75) is 31.2 Å². The molecule has 7 heteroatoms. The fraction of sp³-hybridized carbons (Fsp3) is 0.350. The first-order valence-corrected chi connectivity index (χ1v) is 9.48. The maximum absolute atomic E-state index is 13.4. The lowest BCUT2D eigenvalue weighted by Crippen LogP contribution is -3.17. The molecule has 2 aromatic rings. The minimum absolute atomic E-state index is 0.0953. The second-order valence-corrected chi connectivity index (χ2v) is 7.54. The average Bonchev–Trinajstić information content (AvgIpc) is 2.99. The van der Waals surface area contributed by atoms with E-state index in [1.807, 2.05) is 12.1 Å². The van der Waals surface area contributed by atoms with Crippen LogP contribution in [0.15, 0.2) is 42.7 Å². The Labute approximate surface area is 161 Å². The topological polar surface area (TPSA) is 54.7 Å². The zero-order valence-corrected chi connectivity index (χ0v) is 15.5. The number of nitrogens with one attached hydrogen (secondary N) is 1. The number of rotatable bonds is 3. The highest BCUT2D eigenvalue weighted by molar-refractivity contribution is 6.31. The molecule has 1 aromatic carbocycles. The summed E-state index contributed by atoms with van der Waals surface area (Å²) in [5.74, 6) is -0.577. The molecule has 0 unspecified atom stereocenters. The van der Waals surface area contributed by atoms with Crippen LogP contribution in [-0.4, -0.2) is 35.9 Å². The highest BCUT2D eigenvalue weighted by Gasteiger charge is 2.46. The standard InChI is InChI=1S/C20H19ClFN3O2/c21-16-11-15(1-2-17(16)22)25-19(26)12-18(20(25)27)24-9-5-14(6-10-24)13-3-7-23-8-4-13/h1-4,7-8,11,14,18H,5-6,9-10,12H2/p+1/t18-/m1/s1. The van der Waals surface area contributed by atoms with Gasteiger partial charge in [-0.25, -0.2) is 9.29 Å². The number of halogens is 2. The number of benzene rings is 1. The first-order valence-electron chi connectivity index (χ1n) is 9.11. The molecule has 2 aliphatic heterocycles. The number of amides is 2. The van der Waals surface area contributed by atoms with Crippen molar-refractivity contribution >= 4 is 29.1 Å². The van der Waals surface area contributed by atoms with Crippen LogP contribution in [0.5, 0.6) is 0 Å². The number of imide groups is 1. The number of likely N-dealkylation sites (tertiary alicyclic amines) is 1. The number of aromatic nitrogens is 1. The van der Waals surface area contributed by atoms with Crippen molar-refractivity contribution < 1.29 is 18.9 Å². The van der Waals surface area contributed by atoms with Crippen LogP contribution in [0.3, 0.4) is 0 Å². The SMILES string of the molecule is O=C1C[C@@H]([NH+]2CCC(c3ccncc3)CC2)C(=O)N1c1ccc(F)c(Cl)c1. The van der Waals surface area contributed by atoms with Crippen molar-refractivity contribution in [2.24, 2.45) is 0 Å². The largest absolute Gasteiger partial charge is 0.324 e. The van der Waals surface area contributed by atoms with Gasteiger partial charge in [-0.1, -0.05) is 11.6 Å². The minimum atomic E-state index is -0.570. The fourth-order valence-electron chi connectivity index (χ4n) is 4.15. The first kappa shape index (κ1) is 18.1. The Balaban J connectivity index is 1.45. The summed E-state index contributed by atoms with van der Waals surface area (Å²) in [4.78, 5) is 31.7. The van der Waals surface area contributed by atoms with E-state index in [0.29, 0.717) is 11.6 Å². The van der Waals surface area contributed by atoms with Gasteiger partial charge >= 0.3 is 0 Å². The Kier molecular flexibility index (Phi) is 4.93. The van der Waals surface area contributed by atoms with Gasteiger partial charge in [0.2, 0.25) is 5.91 Å². The van der Waals surface area contributed by atoms with Gasteiger partial charge in [0.05, 0.1) is 30.2 Å². The lowest BCUT2D eigenvalue weighted by Gasteiger charge is -2.32. The maximum Gasteiger partial charge on any atom is 0.292 e. The van der Waals surface area contributed by atoms with Crippen LogP contribution in [-0.2, 0) is 9.59 Å². The van der Waals surface area contributed by atoms with E-state index < -0.39 is 5.82 Å². The van der Waals surface area contributed by atoms with Crippen molar-refractivity contribution in [3.8, 4) is 0 Å². The molecule has 0 saturated carbocycles. The van der Waals surface area contributed by atoms with E-state index in [4.69, 9.17) is 11.6 Å². The second kappa shape index (κ2) is 7.37. The van der Waals surface area contributed by atoms with Gasteiger partial charge in [0.25, 0.3) is 5.91 Å². The van der Waals surface area contributed by atoms with E-state index in [-0.39, 0.29) is 29.3 Å². The van der Waals surface area contributed by atoms with Gasteiger partial charge in [0.1, 0.15) is 5.82 Å². The third-order valence-electron chi connectivity index (χ3n) is 5.61. The van der Waals surface area contributed by atoms with Crippen molar-refractivity contribution in [2.75, 3.05) is 18.0 Å². The van der Waals surface area contributed by atoms with Crippen molar-refractivity contribution in [3.05, 3.63) is 59.1 Å². The van der Waals surface area contributed by atoms with E-state index in [2.05, 4.69) is 4.98 Å². The molecular weight excluding hydrogens is 369 g/mol. The summed E-state index contributed by atoms with van der Waals surface area (Å²) >= 11 is 5.81. The molecule has 1 aromatic heterocycles. The molecule has 2 aliphatic rings. The van der Waals surface area contributed by atoms with E-state index in [1.54, 1.807) is 12.4 Å². The Morgan fingerprint density at radius 3 is 2.48 bits per heavy atom. The summed E-state index contributed by atoms with van der Waals surface area (Å²) in [6.07, 6.45) is 5.74. The van der Waals surface area contributed by atoms with Crippen molar-refractivity contribution in [1.29, 1.82) is 0 Å². The van der Waals surface area contributed by atoms with Gasteiger partial charge in [-0.05, 0) is 41.8 Å². The normalized spacial score (nSPS) is 25.9. The first-order chi connectivity index (χ1) is 13.0. The summed E-state index contributed by atoms with van der Waals surface area (Å²) < 4.78 is 13.4. The number of carbonyl (C=O) groups excluding carboxylic acids is 2. The highest BCUT2D eigenvalue weighted by Crippen LogP contribution is 2.28. The molecule has 27 heavy (non-hydrogen) atoms. The number of quaternary nitrogens is 1. The van der Waals surface area contributed by atoms with Gasteiger partial charge < -0.3 is 4.90 Å². The van der Waals surface area contributed by atoms with Gasteiger partial charge in [-0.3, -0.25) is 14.6 Å². The van der Waals surface area contributed by atoms with Gasteiger partial charge in [0.15, 0.2) is 6.04 Å². The predicted octanol–water partition coefficient (Wildman–Crippen LogP) is 1.97. The average molecular weight is 389 g/mol. The molecule has 140 valence electrons. The van der Waals surface area contributed by atoms with Crippen LogP contribution in [0, 0.1) is 5.82 Å². The van der Waals surface area contributed by atoms with Crippen molar-refractivity contribution in [3.63, 3.8) is 0 Å². The molecule has 0 spiro atoms. The Morgan fingerprint density at radius 1 is 1.11 bits per heavy atom. The quantitative estimate of drug-likeness (QED) is 0.818. The number of nitrogens with zero attached hydrogens (tertiary/aromatic N) is 2. The molecule has 1 atom stereocenters. The number of pyridine rings is 1. The third-order valence-corrected chi connectivity index (χ3v) is 5.90. The molecular formula is C20H20ClFN3O2+. The molecule has 0 aliphatic carbocycles. The summed E-state index contributed by atoms with van der Waals surface area (Å²) in [7, 11) is 0. The lowest BCUT2D eigenvalue weighted by atomic mass is 9.89. The Hall–Kier alpha value is -2.31. The van der Waals surface area contributed by atoms with Crippen LogP contribution >= 0.6 is 11.6 Å². The summed E-state index contributed by atoms with van der Waals surface area (Å²) in [6.45, 7) is 1.68. The number of hydrogen-bond donors (Lipinski definition) is 1. The second-order valence-electron chi connectivity index (χ2n) is 7.14. The number of anilines is 1. The summed E-state index contributed by atoms with van der Waals surface area (Å²) in [6, 6.07) is 7.64. The smallest absolute Gasteiger partial charge is 0.292 e. The molecule has 2 fully saturated rings. The zero-order chi connectivity index (χ0) is 19.0. The summed E-state index contributed by atoms with van der Waals surface area (Å²) in [5.41, 5.74) is 1.62. The molecule has 3 heterocycles. The molecule has 2 saturated heterocycles. The van der Waals surface area contributed by atoms with Crippen LogP contribution in [0.2, 0.25) is 5.02 Å². The minimum Gasteiger partial charge on any atom is -0.324 e. The maximum atomic E-state index is 13.4. The molecule has 2 amide bonds. The lowest BCUT2D eigenvalue weighted by molar-refractivity contribution is -0.920. The summed E-state index contributed by atoms with van der Waals surface area (Å²) in [5, 5.41) is -0.0953. The van der Waals surface area contributed by atoms with Crippen LogP contribution < -0.4 is 9.80 Å². The van der Waals surface area contributed by atoms with Crippen LogP contribution in [0.4, 0.5) is 10.1 Å². The van der Waals surface area contributed by atoms with Gasteiger partial charge in [0, 0.05) is 25.2 Å². The monoisotopic (exact) mass is 388 g/mol. The van der Waals surface area contributed by atoms with E-state index >= 15 is 0 Å². The fourth-order valence-corrected chi connectivity index (χ4v) is 4.33. The third kappa shape index (κ3) is 3.47. The highest BCUT2D eigenvalue weighted by atomic mass is 35.5. The molecule has 4 rings (SSSR count). The zero-order valence-electron chi connectivity index (χ0n) is 14.7. The van der Waals surface area contributed by atoms with Crippen LogP contribution in [0.1, 0.15) is 30.7 Å². The van der Waals surface area contributed by atoms with Crippen molar-refractivity contribution in [1.82, 2.24) is 4.98 Å². The molecule has 1 N–H and O–H groups in total. The van der Waals surface area contributed by atoms with Gasteiger partial charge in [-0.2, -0.15) is 0 Å². The molecule has 0 bridgehead atoms. The molecule has 5 nitrogen and oxygen atoms in total. The number of carbonyl (C=O) groups is 2.